The number of amides is 1. The second kappa shape index (κ2) is 5.05. The van der Waals surface area contributed by atoms with E-state index in [0.717, 1.165) is 10.7 Å². The van der Waals surface area contributed by atoms with E-state index in [1.807, 2.05) is 12.3 Å². The summed E-state index contributed by atoms with van der Waals surface area (Å²) >= 11 is 1.47. The number of aryl methyl sites for hydroxylation is 1. The van der Waals surface area contributed by atoms with Gasteiger partial charge in [-0.25, -0.2) is 9.37 Å². The van der Waals surface area contributed by atoms with Gasteiger partial charge in [-0.2, -0.15) is 0 Å². The van der Waals surface area contributed by atoms with Crippen molar-refractivity contribution in [2.24, 2.45) is 0 Å². The first-order chi connectivity index (χ1) is 8.16. The van der Waals surface area contributed by atoms with E-state index in [-0.39, 0.29) is 5.56 Å². The van der Waals surface area contributed by atoms with Crippen LogP contribution in [0.3, 0.4) is 0 Å². The number of nitrogens with one attached hydrogen (secondary N) is 1. The van der Waals surface area contributed by atoms with Gasteiger partial charge in [0.25, 0.3) is 5.91 Å². The summed E-state index contributed by atoms with van der Waals surface area (Å²) in [6.07, 6.45) is 0. The third-order valence-electron chi connectivity index (χ3n) is 2.19. The molecule has 2 aromatic rings. The smallest absolute Gasteiger partial charge is 0.254 e. The molecule has 1 heterocycles. The van der Waals surface area contributed by atoms with Crippen molar-refractivity contribution in [1.29, 1.82) is 0 Å². The molecular weight excluding hydrogens is 239 g/mol. The minimum atomic E-state index is -0.514. The van der Waals surface area contributed by atoms with E-state index in [9.17, 15) is 9.18 Å². The minimum absolute atomic E-state index is 0.0563. The van der Waals surface area contributed by atoms with Crippen LogP contribution in [0.5, 0.6) is 0 Å². The normalized spacial score (nSPS) is 10.2. The molecule has 0 aliphatic carbocycles. The largest absolute Gasteiger partial charge is 0.345 e. The van der Waals surface area contributed by atoms with Gasteiger partial charge in [0.05, 0.1) is 12.1 Å². The molecule has 0 saturated heterocycles. The Morgan fingerprint density at radius 3 is 2.88 bits per heavy atom. The molecule has 1 aromatic heterocycles. The number of aromatic nitrogens is 1. The minimum Gasteiger partial charge on any atom is -0.345 e. The molecule has 0 radical (unpaired) electrons. The van der Waals surface area contributed by atoms with Crippen LogP contribution in [0.4, 0.5) is 4.39 Å². The highest BCUT2D eigenvalue weighted by molar-refractivity contribution is 7.09. The van der Waals surface area contributed by atoms with Crippen LogP contribution in [0.2, 0.25) is 0 Å². The fourth-order valence-electron chi connectivity index (χ4n) is 1.38. The standard InChI is InChI=1S/C12H11FN2OS/c1-8-7-17-11(15-8)6-14-12(16)9-4-2-3-5-10(9)13/h2-5,7H,6H2,1H3,(H,14,16). The average molecular weight is 250 g/mol. The lowest BCUT2D eigenvalue weighted by molar-refractivity contribution is 0.0947. The molecule has 1 N–H and O–H groups in total. The number of nitrogens with zero attached hydrogens (tertiary/aromatic N) is 1. The van der Waals surface area contributed by atoms with Gasteiger partial charge in [0.15, 0.2) is 0 Å². The molecule has 5 heteroatoms. The summed E-state index contributed by atoms with van der Waals surface area (Å²) < 4.78 is 13.3. The lowest BCUT2D eigenvalue weighted by atomic mass is 10.2. The van der Waals surface area contributed by atoms with E-state index in [0.29, 0.717) is 6.54 Å². The monoisotopic (exact) mass is 250 g/mol. The second-order valence-corrected chi connectivity index (χ2v) is 4.49. The van der Waals surface area contributed by atoms with Crippen molar-refractivity contribution in [3.63, 3.8) is 0 Å². The molecule has 88 valence electrons. The number of carbonyl (C=O) groups is 1. The molecule has 1 aromatic carbocycles. The van der Waals surface area contributed by atoms with Gasteiger partial charge in [-0.15, -0.1) is 11.3 Å². The van der Waals surface area contributed by atoms with E-state index < -0.39 is 11.7 Å². The fourth-order valence-corrected chi connectivity index (χ4v) is 2.09. The molecule has 17 heavy (non-hydrogen) atoms. The first-order valence-electron chi connectivity index (χ1n) is 5.10. The van der Waals surface area contributed by atoms with Gasteiger partial charge in [-0.05, 0) is 19.1 Å². The summed E-state index contributed by atoms with van der Waals surface area (Å²) in [7, 11) is 0. The summed E-state index contributed by atoms with van der Waals surface area (Å²) in [5, 5.41) is 5.36. The summed E-state index contributed by atoms with van der Waals surface area (Å²) in [5.41, 5.74) is 0.978. The Hall–Kier alpha value is -1.75. The van der Waals surface area contributed by atoms with Crippen molar-refractivity contribution >= 4 is 17.2 Å². The Balaban J connectivity index is 2.01. The van der Waals surface area contributed by atoms with Crippen LogP contribution < -0.4 is 5.32 Å². The third kappa shape index (κ3) is 2.88. The maximum absolute atomic E-state index is 13.3. The zero-order valence-corrected chi connectivity index (χ0v) is 10.1. The molecule has 1 amide bonds. The Labute approximate surface area is 102 Å². The SMILES string of the molecule is Cc1csc(CNC(=O)c2ccccc2F)n1. The third-order valence-corrected chi connectivity index (χ3v) is 3.15. The van der Waals surface area contributed by atoms with Gasteiger partial charge >= 0.3 is 0 Å². The molecule has 0 bridgehead atoms. The van der Waals surface area contributed by atoms with E-state index >= 15 is 0 Å². The van der Waals surface area contributed by atoms with Crippen LogP contribution in [0.1, 0.15) is 21.1 Å². The number of benzene rings is 1. The molecular formula is C12H11FN2OS. The molecule has 0 unspecified atom stereocenters. The van der Waals surface area contributed by atoms with E-state index in [4.69, 9.17) is 0 Å². The van der Waals surface area contributed by atoms with Crippen LogP contribution in [0, 0.1) is 12.7 Å². The van der Waals surface area contributed by atoms with Crippen molar-refractivity contribution in [1.82, 2.24) is 10.3 Å². The van der Waals surface area contributed by atoms with Crippen molar-refractivity contribution in [3.8, 4) is 0 Å². The summed E-state index contributed by atoms with van der Waals surface area (Å²) in [4.78, 5) is 15.9. The van der Waals surface area contributed by atoms with Crippen LogP contribution >= 0.6 is 11.3 Å². The first-order valence-corrected chi connectivity index (χ1v) is 5.98. The lowest BCUT2D eigenvalue weighted by Crippen LogP contribution is -2.23. The maximum atomic E-state index is 13.3. The van der Waals surface area contributed by atoms with E-state index in [1.165, 1.54) is 23.5 Å². The van der Waals surface area contributed by atoms with Gasteiger partial charge in [0.2, 0.25) is 0 Å². The highest BCUT2D eigenvalue weighted by atomic mass is 32.1. The Bertz CT molecular complexity index is 539. The lowest BCUT2D eigenvalue weighted by Gasteiger charge is -2.03. The summed E-state index contributed by atoms with van der Waals surface area (Å²) in [6, 6.07) is 5.90. The van der Waals surface area contributed by atoms with Gasteiger partial charge < -0.3 is 5.32 Å². The zero-order chi connectivity index (χ0) is 12.3. The molecule has 0 fully saturated rings. The maximum Gasteiger partial charge on any atom is 0.254 e. The summed E-state index contributed by atoms with van der Waals surface area (Å²) in [5.74, 6) is -0.934. The predicted molar refractivity (Wildman–Crippen MR) is 64.4 cm³/mol. The molecule has 0 saturated carbocycles. The molecule has 0 atom stereocenters. The van der Waals surface area contributed by atoms with Gasteiger partial charge in [0.1, 0.15) is 10.8 Å². The van der Waals surface area contributed by atoms with Gasteiger partial charge in [-0.1, -0.05) is 12.1 Å². The topological polar surface area (TPSA) is 42.0 Å². The zero-order valence-electron chi connectivity index (χ0n) is 9.24. The van der Waals surface area contributed by atoms with Gasteiger partial charge in [0, 0.05) is 11.1 Å². The Kier molecular flexibility index (Phi) is 3.49. The number of hydrogen-bond donors (Lipinski definition) is 1. The van der Waals surface area contributed by atoms with Crippen molar-refractivity contribution < 1.29 is 9.18 Å². The number of rotatable bonds is 3. The van der Waals surface area contributed by atoms with Gasteiger partial charge in [-0.3, -0.25) is 4.79 Å². The van der Waals surface area contributed by atoms with Crippen molar-refractivity contribution in [2.45, 2.75) is 13.5 Å². The van der Waals surface area contributed by atoms with Crippen LogP contribution in [0.25, 0.3) is 0 Å². The van der Waals surface area contributed by atoms with Crippen LogP contribution in [-0.2, 0) is 6.54 Å². The molecule has 0 spiro atoms. The quantitative estimate of drug-likeness (QED) is 0.909. The van der Waals surface area contributed by atoms with E-state index in [1.54, 1.807) is 12.1 Å². The number of thiazole rings is 1. The van der Waals surface area contributed by atoms with Crippen LogP contribution in [-0.4, -0.2) is 10.9 Å². The Morgan fingerprint density at radius 1 is 1.47 bits per heavy atom. The molecule has 0 aliphatic rings. The summed E-state index contributed by atoms with van der Waals surface area (Å²) in [6.45, 7) is 2.21. The van der Waals surface area contributed by atoms with Crippen LogP contribution in [0.15, 0.2) is 29.6 Å². The first kappa shape index (κ1) is 11.7. The fraction of sp³-hybridized carbons (Fsp3) is 0.167. The number of carbonyl (C=O) groups excluding carboxylic acids is 1. The highest BCUT2D eigenvalue weighted by Crippen LogP contribution is 2.09. The Morgan fingerprint density at radius 2 is 2.24 bits per heavy atom. The van der Waals surface area contributed by atoms with Crippen molar-refractivity contribution in [3.05, 3.63) is 51.7 Å². The molecule has 0 aliphatic heterocycles. The highest BCUT2D eigenvalue weighted by Gasteiger charge is 2.10. The van der Waals surface area contributed by atoms with Crippen molar-refractivity contribution in [2.75, 3.05) is 0 Å². The number of hydrogen-bond acceptors (Lipinski definition) is 3. The van der Waals surface area contributed by atoms with E-state index in [2.05, 4.69) is 10.3 Å². The predicted octanol–water partition coefficient (Wildman–Crippen LogP) is 2.52. The number of halogens is 1. The molecule has 2 rings (SSSR count). The second-order valence-electron chi connectivity index (χ2n) is 3.55. The average Bonchev–Trinajstić information content (AvgIpc) is 2.73. The molecule has 3 nitrogen and oxygen atoms in total.